The molecule has 0 aromatic heterocycles. The van der Waals surface area contributed by atoms with Gasteiger partial charge in [-0.1, -0.05) is 97.9 Å². The molecule has 4 heteroatoms. The molecule has 1 unspecified atom stereocenters. The first-order valence-electron chi connectivity index (χ1n) is 11.9. The summed E-state index contributed by atoms with van der Waals surface area (Å²) in [6, 6.07) is 38.8. The highest BCUT2D eigenvalue weighted by Gasteiger charge is 2.36. The van der Waals surface area contributed by atoms with E-state index in [0.29, 0.717) is 24.5 Å². The van der Waals surface area contributed by atoms with E-state index in [2.05, 4.69) is 72.8 Å². The molecule has 0 spiro atoms. The lowest BCUT2D eigenvalue weighted by atomic mass is 9.67. The van der Waals surface area contributed by atoms with Crippen LogP contribution < -0.4 is 9.47 Å². The van der Waals surface area contributed by atoms with Gasteiger partial charge in [0.25, 0.3) is 0 Å². The summed E-state index contributed by atoms with van der Waals surface area (Å²) in [5, 5.41) is 9.21. The normalized spacial score (nSPS) is 12.0. The van der Waals surface area contributed by atoms with Crippen molar-refractivity contribution in [2.45, 2.75) is 31.3 Å². The number of hydrogen-bond donors (Lipinski definition) is 1. The second-order valence-electron chi connectivity index (χ2n) is 8.43. The average Bonchev–Trinajstić information content (AvgIpc) is 2.92. The SMILES string of the molecule is CCC(Oc1ccc(OCCC(c2ccccc2)(c2ccccc2)c2ccccc2)cc1)C(=O)O. The van der Waals surface area contributed by atoms with Crippen molar-refractivity contribution in [1.82, 2.24) is 0 Å². The zero-order valence-corrected chi connectivity index (χ0v) is 19.8. The zero-order chi connectivity index (χ0) is 24.5. The molecule has 0 saturated heterocycles. The highest BCUT2D eigenvalue weighted by Crippen LogP contribution is 2.42. The Balaban J connectivity index is 1.59. The highest BCUT2D eigenvalue weighted by atomic mass is 16.5. The van der Waals surface area contributed by atoms with Crippen LogP contribution in [0.3, 0.4) is 0 Å². The van der Waals surface area contributed by atoms with Crippen LogP contribution in [0.4, 0.5) is 0 Å². The molecule has 0 fully saturated rings. The molecule has 0 aliphatic carbocycles. The summed E-state index contributed by atoms with van der Waals surface area (Å²) in [6.45, 7) is 2.28. The molecule has 0 bridgehead atoms. The molecule has 1 N–H and O–H groups in total. The maximum absolute atomic E-state index is 11.2. The van der Waals surface area contributed by atoms with E-state index in [0.717, 1.165) is 6.42 Å². The molecule has 178 valence electrons. The maximum Gasteiger partial charge on any atom is 0.344 e. The van der Waals surface area contributed by atoms with Gasteiger partial charge in [-0.2, -0.15) is 0 Å². The van der Waals surface area contributed by atoms with Gasteiger partial charge in [0.2, 0.25) is 0 Å². The van der Waals surface area contributed by atoms with Crippen LogP contribution in [0.1, 0.15) is 36.5 Å². The van der Waals surface area contributed by atoms with Crippen LogP contribution in [0.15, 0.2) is 115 Å². The summed E-state index contributed by atoms with van der Waals surface area (Å²) >= 11 is 0. The van der Waals surface area contributed by atoms with Gasteiger partial charge in [0.05, 0.1) is 6.61 Å². The fraction of sp³-hybridized carbons (Fsp3) is 0.194. The van der Waals surface area contributed by atoms with E-state index in [-0.39, 0.29) is 5.41 Å². The third kappa shape index (κ3) is 5.55. The van der Waals surface area contributed by atoms with Gasteiger partial charge in [-0.15, -0.1) is 0 Å². The lowest BCUT2D eigenvalue weighted by Gasteiger charge is -2.36. The van der Waals surface area contributed by atoms with Gasteiger partial charge in [-0.05, 0) is 53.8 Å². The van der Waals surface area contributed by atoms with E-state index in [1.807, 2.05) is 30.3 Å². The van der Waals surface area contributed by atoms with Crippen LogP contribution in [0.25, 0.3) is 0 Å². The molecule has 4 rings (SSSR count). The van der Waals surface area contributed by atoms with E-state index < -0.39 is 12.1 Å². The van der Waals surface area contributed by atoms with Gasteiger partial charge < -0.3 is 14.6 Å². The van der Waals surface area contributed by atoms with Crippen LogP contribution in [0.2, 0.25) is 0 Å². The van der Waals surface area contributed by atoms with Gasteiger partial charge in [0.1, 0.15) is 11.5 Å². The first-order chi connectivity index (χ1) is 17.1. The largest absolute Gasteiger partial charge is 0.494 e. The molecule has 4 aromatic carbocycles. The average molecular weight is 467 g/mol. The molecular formula is C31H30O4. The van der Waals surface area contributed by atoms with E-state index in [1.165, 1.54) is 16.7 Å². The van der Waals surface area contributed by atoms with E-state index in [9.17, 15) is 9.90 Å². The zero-order valence-electron chi connectivity index (χ0n) is 19.8. The minimum atomic E-state index is -0.966. The van der Waals surface area contributed by atoms with Crippen molar-refractivity contribution < 1.29 is 19.4 Å². The predicted molar refractivity (Wildman–Crippen MR) is 138 cm³/mol. The predicted octanol–water partition coefficient (Wildman–Crippen LogP) is 6.73. The lowest BCUT2D eigenvalue weighted by molar-refractivity contribution is -0.145. The molecule has 1 atom stereocenters. The standard InChI is InChI=1S/C31H30O4/c1-2-29(30(32)33)35-28-20-18-27(19-21-28)34-23-22-31(24-12-6-3-7-13-24,25-14-8-4-9-15-25)26-16-10-5-11-17-26/h3-21,29H,2,22-23H2,1H3,(H,32,33). The first kappa shape index (κ1) is 24.1. The van der Waals surface area contributed by atoms with Crippen molar-refractivity contribution in [2.24, 2.45) is 0 Å². The summed E-state index contributed by atoms with van der Waals surface area (Å²) < 4.78 is 11.7. The van der Waals surface area contributed by atoms with Crippen LogP contribution in [0.5, 0.6) is 11.5 Å². The van der Waals surface area contributed by atoms with Crippen LogP contribution >= 0.6 is 0 Å². The Morgan fingerprint density at radius 3 is 1.54 bits per heavy atom. The molecular weight excluding hydrogens is 436 g/mol. The molecule has 0 radical (unpaired) electrons. The molecule has 0 aliphatic rings. The summed E-state index contributed by atoms with van der Waals surface area (Å²) in [7, 11) is 0. The number of rotatable bonds is 11. The second kappa shape index (κ2) is 11.4. The fourth-order valence-electron chi connectivity index (χ4n) is 4.51. The van der Waals surface area contributed by atoms with Crippen molar-refractivity contribution in [3.05, 3.63) is 132 Å². The Morgan fingerprint density at radius 1 is 0.714 bits per heavy atom. The van der Waals surface area contributed by atoms with Crippen molar-refractivity contribution in [2.75, 3.05) is 6.61 Å². The Bertz CT molecular complexity index is 1090. The monoisotopic (exact) mass is 466 g/mol. The van der Waals surface area contributed by atoms with Gasteiger partial charge in [0.15, 0.2) is 6.10 Å². The minimum Gasteiger partial charge on any atom is -0.494 e. The van der Waals surface area contributed by atoms with Crippen molar-refractivity contribution in [3.8, 4) is 11.5 Å². The molecule has 4 nitrogen and oxygen atoms in total. The summed E-state index contributed by atoms with van der Waals surface area (Å²) in [6.07, 6.45) is 0.277. The van der Waals surface area contributed by atoms with Crippen LogP contribution in [0, 0.1) is 0 Å². The van der Waals surface area contributed by atoms with Crippen LogP contribution in [-0.2, 0) is 10.2 Å². The smallest absolute Gasteiger partial charge is 0.344 e. The number of carboxylic acid groups (broad SMARTS) is 1. The number of aliphatic carboxylic acids is 1. The summed E-state index contributed by atoms with van der Waals surface area (Å²) in [4.78, 5) is 11.2. The third-order valence-electron chi connectivity index (χ3n) is 6.29. The molecule has 35 heavy (non-hydrogen) atoms. The fourth-order valence-corrected chi connectivity index (χ4v) is 4.51. The number of carbonyl (C=O) groups is 1. The first-order valence-corrected chi connectivity index (χ1v) is 11.9. The quantitative estimate of drug-likeness (QED) is 0.249. The van der Waals surface area contributed by atoms with Crippen LogP contribution in [-0.4, -0.2) is 23.8 Å². The van der Waals surface area contributed by atoms with Gasteiger partial charge in [-0.25, -0.2) is 4.79 Å². The van der Waals surface area contributed by atoms with E-state index in [4.69, 9.17) is 9.47 Å². The number of ether oxygens (including phenoxy) is 2. The Morgan fingerprint density at radius 2 is 1.14 bits per heavy atom. The Labute approximate surface area is 206 Å². The van der Waals surface area contributed by atoms with Crippen molar-refractivity contribution in [1.29, 1.82) is 0 Å². The van der Waals surface area contributed by atoms with Gasteiger partial charge in [0, 0.05) is 5.41 Å². The van der Waals surface area contributed by atoms with Crippen molar-refractivity contribution in [3.63, 3.8) is 0 Å². The highest BCUT2D eigenvalue weighted by molar-refractivity contribution is 5.72. The minimum absolute atomic E-state index is 0.372. The molecule has 0 aliphatic heterocycles. The van der Waals surface area contributed by atoms with Gasteiger partial charge in [-0.3, -0.25) is 0 Å². The Kier molecular flexibility index (Phi) is 7.84. The molecule has 0 amide bonds. The van der Waals surface area contributed by atoms with Crippen molar-refractivity contribution >= 4 is 5.97 Å². The number of hydrogen-bond acceptors (Lipinski definition) is 3. The summed E-state index contributed by atoms with van der Waals surface area (Å²) in [5.41, 5.74) is 3.26. The lowest BCUT2D eigenvalue weighted by Crippen LogP contribution is -2.31. The molecule has 0 saturated carbocycles. The summed E-state index contributed by atoms with van der Waals surface area (Å²) in [5.74, 6) is 0.259. The number of carboxylic acids is 1. The Hall–Kier alpha value is -4.05. The maximum atomic E-state index is 11.2. The topological polar surface area (TPSA) is 55.8 Å². The number of benzene rings is 4. The third-order valence-corrected chi connectivity index (χ3v) is 6.29. The molecule has 0 heterocycles. The van der Waals surface area contributed by atoms with E-state index >= 15 is 0 Å². The van der Waals surface area contributed by atoms with E-state index in [1.54, 1.807) is 19.1 Å². The van der Waals surface area contributed by atoms with Gasteiger partial charge >= 0.3 is 5.97 Å². The molecule has 4 aromatic rings. The second-order valence-corrected chi connectivity index (χ2v) is 8.43.